The molecule has 0 bridgehead atoms. The lowest BCUT2D eigenvalue weighted by molar-refractivity contribution is 0.260. The number of rotatable bonds is 2. The summed E-state index contributed by atoms with van der Waals surface area (Å²) >= 11 is 0. The Hall–Kier alpha value is -0.990. The van der Waals surface area contributed by atoms with Crippen LogP contribution >= 0.6 is 0 Å². The van der Waals surface area contributed by atoms with E-state index in [2.05, 4.69) is 24.3 Å². The zero-order valence-corrected chi connectivity index (χ0v) is 9.90. The Bertz CT molecular complexity index is 318. The Balaban J connectivity index is 1.90. The molecule has 0 spiro atoms. The molecule has 0 amide bonds. The molecule has 0 saturated heterocycles. The van der Waals surface area contributed by atoms with Crippen molar-refractivity contribution in [2.75, 3.05) is 5.32 Å². The lowest BCUT2D eigenvalue weighted by atomic mass is 9.79. The molecule has 1 fully saturated rings. The molecule has 0 aromatic carbocycles. The molecule has 3 atom stereocenters. The third kappa shape index (κ3) is 2.52. The van der Waals surface area contributed by atoms with Gasteiger partial charge in [-0.1, -0.05) is 13.8 Å². The highest BCUT2D eigenvalue weighted by atomic mass is 15.3. The van der Waals surface area contributed by atoms with Crippen LogP contribution in [0.3, 0.4) is 0 Å². The van der Waals surface area contributed by atoms with Gasteiger partial charge >= 0.3 is 0 Å². The molecule has 2 rings (SSSR count). The summed E-state index contributed by atoms with van der Waals surface area (Å²) in [5.74, 6) is 2.73. The van der Waals surface area contributed by atoms with E-state index in [9.17, 15) is 0 Å². The minimum Gasteiger partial charge on any atom is -0.366 e. The van der Waals surface area contributed by atoms with E-state index in [0.29, 0.717) is 6.04 Å². The standard InChI is InChI=1S/C12H21N3/c1-9-4-5-11(8-10(9)2)13-12-6-7-15(3)14-12/h6-7,9-11H,4-5,8H2,1-3H3,(H,13,14). The predicted octanol–water partition coefficient (Wildman–Crippen LogP) is 2.66. The van der Waals surface area contributed by atoms with Gasteiger partial charge in [0.1, 0.15) is 5.82 Å². The molecule has 3 heteroatoms. The van der Waals surface area contributed by atoms with Gasteiger partial charge in [0, 0.05) is 25.4 Å². The summed E-state index contributed by atoms with van der Waals surface area (Å²) in [6.07, 6.45) is 5.88. The van der Waals surface area contributed by atoms with Crippen LogP contribution in [-0.2, 0) is 7.05 Å². The fourth-order valence-corrected chi connectivity index (χ4v) is 2.38. The first-order valence-corrected chi connectivity index (χ1v) is 5.91. The summed E-state index contributed by atoms with van der Waals surface area (Å²) in [6.45, 7) is 4.72. The van der Waals surface area contributed by atoms with Crippen molar-refractivity contribution in [1.29, 1.82) is 0 Å². The second-order valence-corrected chi connectivity index (χ2v) is 4.98. The predicted molar refractivity (Wildman–Crippen MR) is 62.8 cm³/mol. The van der Waals surface area contributed by atoms with Crippen molar-refractivity contribution >= 4 is 5.82 Å². The third-order valence-corrected chi connectivity index (χ3v) is 3.66. The highest BCUT2D eigenvalue weighted by molar-refractivity contribution is 5.33. The molecule has 1 aliphatic rings. The van der Waals surface area contributed by atoms with Crippen LogP contribution in [0.4, 0.5) is 5.82 Å². The first-order chi connectivity index (χ1) is 7.15. The van der Waals surface area contributed by atoms with Gasteiger partial charge in [0.15, 0.2) is 0 Å². The zero-order valence-electron chi connectivity index (χ0n) is 9.90. The average molecular weight is 207 g/mol. The number of nitrogens with one attached hydrogen (secondary N) is 1. The first kappa shape index (κ1) is 10.5. The zero-order chi connectivity index (χ0) is 10.8. The van der Waals surface area contributed by atoms with E-state index in [0.717, 1.165) is 17.7 Å². The summed E-state index contributed by atoms with van der Waals surface area (Å²) in [7, 11) is 1.96. The molecule has 84 valence electrons. The van der Waals surface area contributed by atoms with Gasteiger partial charge in [-0.3, -0.25) is 4.68 Å². The fourth-order valence-electron chi connectivity index (χ4n) is 2.38. The van der Waals surface area contributed by atoms with E-state index in [1.807, 2.05) is 24.0 Å². The van der Waals surface area contributed by atoms with Gasteiger partial charge in [-0.15, -0.1) is 0 Å². The molecule has 1 aromatic heterocycles. The summed E-state index contributed by atoms with van der Waals surface area (Å²) in [5, 5.41) is 7.88. The summed E-state index contributed by atoms with van der Waals surface area (Å²) in [6, 6.07) is 2.66. The molecule has 1 aliphatic carbocycles. The fraction of sp³-hybridized carbons (Fsp3) is 0.750. The van der Waals surface area contributed by atoms with E-state index in [1.54, 1.807) is 0 Å². The maximum atomic E-state index is 4.35. The van der Waals surface area contributed by atoms with Gasteiger partial charge < -0.3 is 5.32 Å². The second-order valence-electron chi connectivity index (χ2n) is 4.98. The van der Waals surface area contributed by atoms with Crippen molar-refractivity contribution in [1.82, 2.24) is 9.78 Å². The molecule has 3 unspecified atom stereocenters. The van der Waals surface area contributed by atoms with Crippen molar-refractivity contribution in [3.8, 4) is 0 Å². The van der Waals surface area contributed by atoms with Crippen molar-refractivity contribution in [2.24, 2.45) is 18.9 Å². The molecule has 1 heterocycles. The Morgan fingerprint density at radius 2 is 2.13 bits per heavy atom. The smallest absolute Gasteiger partial charge is 0.148 e. The van der Waals surface area contributed by atoms with Gasteiger partial charge in [-0.05, 0) is 31.1 Å². The van der Waals surface area contributed by atoms with Crippen molar-refractivity contribution in [2.45, 2.75) is 39.2 Å². The van der Waals surface area contributed by atoms with E-state index in [1.165, 1.54) is 19.3 Å². The number of aryl methyl sites for hydroxylation is 1. The molecule has 3 nitrogen and oxygen atoms in total. The normalized spacial score (nSPS) is 31.5. The van der Waals surface area contributed by atoms with E-state index >= 15 is 0 Å². The topological polar surface area (TPSA) is 29.9 Å². The van der Waals surface area contributed by atoms with Crippen LogP contribution in [0, 0.1) is 11.8 Å². The maximum absolute atomic E-state index is 4.35. The Morgan fingerprint density at radius 3 is 2.73 bits per heavy atom. The van der Waals surface area contributed by atoms with Crippen molar-refractivity contribution in [3.63, 3.8) is 0 Å². The lowest BCUT2D eigenvalue weighted by Gasteiger charge is -2.32. The van der Waals surface area contributed by atoms with Crippen molar-refractivity contribution in [3.05, 3.63) is 12.3 Å². The molecular formula is C12H21N3. The van der Waals surface area contributed by atoms with Gasteiger partial charge in [0.25, 0.3) is 0 Å². The van der Waals surface area contributed by atoms with Crippen LogP contribution in [0.5, 0.6) is 0 Å². The Labute approximate surface area is 91.9 Å². The molecule has 15 heavy (non-hydrogen) atoms. The van der Waals surface area contributed by atoms with Crippen LogP contribution < -0.4 is 5.32 Å². The lowest BCUT2D eigenvalue weighted by Crippen LogP contribution is -2.30. The maximum Gasteiger partial charge on any atom is 0.148 e. The molecule has 0 aliphatic heterocycles. The van der Waals surface area contributed by atoms with Gasteiger partial charge in [-0.2, -0.15) is 5.10 Å². The number of hydrogen-bond acceptors (Lipinski definition) is 2. The van der Waals surface area contributed by atoms with E-state index in [-0.39, 0.29) is 0 Å². The van der Waals surface area contributed by atoms with E-state index in [4.69, 9.17) is 0 Å². The molecule has 1 saturated carbocycles. The number of aromatic nitrogens is 2. The highest BCUT2D eigenvalue weighted by Crippen LogP contribution is 2.30. The van der Waals surface area contributed by atoms with Gasteiger partial charge in [-0.25, -0.2) is 0 Å². The average Bonchev–Trinajstić information content (AvgIpc) is 2.58. The number of nitrogens with zero attached hydrogens (tertiary/aromatic N) is 2. The minimum atomic E-state index is 0.617. The summed E-state index contributed by atoms with van der Waals surface area (Å²) in [5.41, 5.74) is 0. The molecular weight excluding hydrogens is 186 g/mol. The second kappa shape index (κ2) is 4.25. The van der Waals surface area contributed by atoms with Crippen LogP contribution in [0.15, 0.2) is 12.3 Å². The quantitative estimate of drug-likeness (QED) is 0.808. The van der Waals surface area contributed by atoms with Gasteiger partial charge in [0.2, 0.25) is 0 Å². The number of hydrogen-bond donors (Lipinski definition) is 1. The van der Waals surface area contributed by atoms with Crippen LogP contribution in [0.1, 0.15) is 33.1 Å². The molecule has 1 aromatic rings. The Kier molecular flexibility index (Phi) is 2.98. The summed E-state index contributed by atoms with van der Waals surface area (Å²) in [4.78, 5) is 0. The molecule has 0 radical (unpaired) electrons. The van der Waals surface area contributed by atoms with Crippen molar-refractivity contribution < 1.29 is 0 Å². The summed E-state index contributed by atoms with van der Waals surface area (Å²) < 4.78 is 1.84. The third-order valence-electron chi connectivity index (χ3n) is 3.66. The minimum absolute atomic E-state index is 0.617. The van der Waals surface area contributed by atoms with Crippen LogP contribution in [-0.4, -0.2) is 15.8 Å². The highest BCUT2D eigenvalue weighted by Gasteiger charge is 2.24. The molecule has 1 N–H and O–H groups in total. The number of anilines is 1. The Morgan fingerprint density at radius 1 is 1.33 bits per heavy atom. The van der Waals surface area contributed by atoms with Crippen LogP contribution in [0.25, 0.3) is 0 Å². The largest absolute Gasteiger partial charge is 0.366 e. The SMILES string of the molecule is CC1CCC(Nc2ccn(C)n2)CC1C. The first-order valence-electron chi connectivity index (χ1n) is 5.91. The monoisotopic (exact) mass is 207 g/mol. The van der Waals surface area contributed by atoms with Gasteiger partial charge in [0.05, 0.1) is 0 Å². The van der Waals surface area contributed by atoms with Crippen LogP contribution in [0.2, 0.25) is 0 Å². The van der Waals surface area contributed by atoms with E-state index < -0.39 is 0 Å².